The van der Waals surface area contributed by atoms with E-state index in [1.165, 1.54) is 11.9 Å². The quantitative estimate of drug-likeness (QED) is 0.861. The van der Waals surface area contributed by atoms with Crippen LogP contribution in [0.1, 0.15) is 11.1 Å². The monoisotopic (exact) mass is 263 g/mol. The summed E-state index contributed by atoms with van der Waals surface area (Å²) in [4.78, 5) is 8.03. The van der Waals surface area contributed by atoms with E-state index in [2.05, 4.69) is 28.3 Å². The Morgan fingerprint density at radius 3 is 2.72 bits per heavy atom. The zero-order chi connectivity index (χ0) is 13.1. The first-order chi connectivity index (χ1) is 8.63. The van der Waals surface area contributed by atoms with Gasteiger partial charge in [0.1, 0.15) is 6.33 Å². The number of aromatic nitrogens is 2. The molecule has 18 heavy (non-hydrogen) atoms. The van der Waals surface area contributed by atoms with Gasteiger partial charge in [0.05, 0.1) is 7.11 Å². The van der Waals surface area contributed by atoms with Crippen LogP contribution in [0.4, 0.5) is 11.5 Å². The first-order valence-corrected chi connectivity index (χ1v) is 5.89. The predicted molar refractivity (Wildman–Crippen MR) is 72.8 cm³/mol. The highest BCUT2D eigenvalue weighted by molar-refractivity contribution is 6.31. The molecular formula is C13H14ClN3O. The van der Waals surface area contributed by atoms with Crippen LogP contribution in [0.2, 0.25) is 5.15 Å². The van der Waals surface area contributed by atoms with Gasteiger partial charge in [-0.3, -0.25) is 0 Å². The van der Waals surface area contributed by atoms with Gasteiger partial charge in [-0.05, 0) is 31.0 Å². The van der Waals surface area contributed by atoms with Crippen LogP contribution in [-0.2, 0) is 0 Å². The molecule has 0 bridgehead atoms. The van der Waals surface area contributed by atoms with Crippen molar-refractivity contribution >= 4 is 23.1 Å². The molecule has 0 aliphatic carbocycles. The maximum Gasteiger partial charge on any atom is 0.199 e. The molecule has 0 amide bonds. The Morgan fingerprint density at radius 2 is 2.00 bits per heavy atom. The molecule has 0 unspecified atom stereocenters. The molecule has 0 aliphatic heterocycles. The van der Waals surface area contributed by atoms with Crippen molar-refractivity contribution in [3.05, 3.63) is 40.8 Å². The molecule has 0 radical (unpaired) electrons. The highest BCUT2D eigenvalue weighted by Crippen LogP contribution is 2.31. The minimum atomic E-state index is 0.292. The lowest BCUT2D eigenvalue weighted by molar-refractivity contribution is 0.413. The molecule has 1 aromatic carbocycles. The Bertz CT molecular complexity index is 572. The summed E-state index contributed by atoms with van der Waals surface area (Å²) in [6, 6.07) is 6.03. The van der Waals surface area contributed by atoms with Crippen molar-refractivity contribution in [3.8, 4) is 5.75 Å². The van der Waals surface area contributed by atoms with Gasteiger partial charge >= 0.3 is 0 Å². The topological polar surface area (TPSA) is 47.0 Å². The van der Waals surface area contributed by atoms with E-state index < -0.39 is 0 Å². The number of benzene rings is 1. The molecule has 94 valence electrons. The van der Waals surface area contributed by atoms with E-state index in [0.717, 1.165) is 11.3 Å². The fraction of sp³-hybridized carbons (Fsp3) is 0.231. The van der Waals surface area contributed by atoms with Crippen molar-refractivity contribution < 1.29 is 4.74 Å². The largest absolute Gasteiger partial charge is 0.490 e. The van der Waals surface area contributed by atoms with Crippen LogP contribution in [0.15, 0.2) is 24.5 Å². The van der Waals surface area contributed by atoms with Crippen LogP contribution in [0.5, 0.6) is 5.75 Å². The molecule has 2 aromatic rings. The molecule has 0 saturated heterocycles. The maximum atomic E-state index is 5.95. The summed E-state index contributed by atoms with van der Waals surface area (Å²) in [5.74, 6) is 1.01. The van der Waals surface area contributed by atoms with Gasteiger partial charge in [-0.1, -0.05) is 23.7 Å². The molecule has 0 aliphatic rings. The number of nitrogens with zero attached hydrogens (tertiary/aromatic N) is 2. The number of anilines is 2. The van der Waals surface area contributed by atoms with E-state index >= 15 is 0 Å². The van der Waals surface area contributed by atoms with Crippen molar-refractivity contribution in [2.75, 3.05) is 12.4 Å². The molecule has 1 heterocycles. The van der Waals surface area contributed by atoms with Gasteiger partial charge in [0.25, 0.3) is 0 Å². The average Bonchev–Trinajstić information content (AvgIpc) is 2.35. The third-order valence-electron chi connectivity index (χ3n) is 2.82. The molecule has 0 spiro atoms. The van der Waals surface area contributed by atoms with Crippen LogP contribution < -0.4 is 10.1 Å². The van der Waals surface area contributed by atoms with E-state index in [-0.39, 0.29) is 0 Å². The van der Waals surface area contributed by atoms with Crippen molar-refractivity contribution in [2.24, 2.45) is 0 Å². The average molecular weight is 264 g/mol. The van der Waals surface area contributed by atoms with E-state index in [1.807, 2.05) is 19.1 Å². The fourth-order valence-electron chi connectivity index (χ4n) is 1.64. The predicted octanol–water partition coefficient (Wildman–Crippen LogP) is 3.50. The van der Waals surface area contributed by atoms with Gasteiger partial charge in [-0.25, -0.2) is 9.97 Å². The molecule has 0 saturated carbocycles. The van der Waals surface area contributed by atoms with Crippen LogP contribution in [0, 0.1) is 13.8 Å². The van der Waals surface area contributed by atoms with Crippen molar-refractivity contribution in [2.45, 2.75) is 13.8 Å². The third-order valence-corrected chi connectivity index (χ3v) is 3.09. The highest BCUT2D eigenvalue weighted by Gasteiger charge is 2.11. The number of hydrogen-bond donors (Lipinski definition) is 1. The lowest BCUT2D eigenvalue weighted by Gasteiger charge is -2.13. The van der Waals surface area contributed by atoms with Crippen molar-refractivity contribution in [1.29, 1.82) is 0 Å². The summed E-state index contributed by atoms with van der Waals surface area (Å²) in [5, 5.41) is 3.50. The Morgan fingerprint density at radius 1 is 1.22 bits per heavy atom. The molecular weight excluding hydrogens is 250 g/mol. The number of nitrogens with one attached hydrogen (secondary N) is 1. The van der Waals surface area contributed by atoms with Crippen LogP contribution in [0.3, 0.4) is 0 Å². The lowest BCUT2D eigenvalue weighted by Crippen LogP contribution is -2.01. The first-order valence-electron chi connectivity index (χ1n) is 5.51. The zero-order valence-corrected chi connectivity index (χ0v) is 11.2. The Kier molecular flexibility index (Phi) is 3.67. The van der Waals surface area contributed by atoms with Gasteiger partial charge in [0, 0.05) is 5.69 Å². The minimum absolute atomic E-state index is 0.292. The first kappa shape index (κ1) is 12.6. The summed E-state index contributed by atoms with van der Waals surface area (Å²) in [5.41, 5.74) is 3.34. The van der Waals surface area contributed by atoms with Gasteiger partial charge in [0.15, 0.2) is 16.7 Å². The molecule has 1 aromatic heterocycles. The smallest absolute Gasteiger partial charge is 0.199 e. The summed E-state index contributed by atoms with van der Waals surface area (Å²) < 4.78 is 5.20. The van der Waals surface area contributed by atoms with E-state index in [1.54, 1.807) is 7.11 Å². The Labute approximate surface area is 111 Å². The normalized spacial score (nSPS) is 10.2. The van der Waals surface area contributed by atoms with E-state index in [9.17, 15) is 0 Å². The summed E-state index contributed by atoms with van der Waals surface area (Å²) in [6.45, 7) is 4.11. The second kappa shape index (κ2) is 5.23. The van der Waals surface area contributed by atoms with Crippen LogP contribution in [0.25, 0.3) is 0 Å². The standard InChI is InChI=1S/C13H14ClN3O/c1-8-5-4-6-10(9(8)2)17-13-11(18-3)12(14)15-7-16-13/h4-7H,1-3H3,(H,15,16,17). The van der Waals surface area contributed by atoms with Crippen LogP contribution >= 0.6 is 11.6 Å². The fourth-order valence-corrected chi connectivity index (χ4v) is 1.85. The molecule has 1 N–H and O–H groups in total. The number of methoxy groups -OCH3 is 1. The second-order valence-electron chi connectivity index (χ2n) is 3.92. The number of halogens is 1. The minimum Gasteiger partial charge on any atom is -0.490 e. The number of ether oxygens (including phenoxy) is 1. The zero-order valence-electron chi connectivity index (χ0n) is 10.5. The molecule has 0 atom stereocenters. The number of hydrogen-bond acceptors (Lipinski definition) is 4. The Balaban J connectivity index is 2.40. The van der Waals surface area contributed by atoms with E-state index in [4.69, 9.17) is 16.3 Å². The SMILES string of the molecule is COc1c(Cl)ncnc1Nc1cccc(C)c1C. The number of rotatable bonds is 3. The lowest BCUT2D eigenvalue weighted by atomic mass is 10.1. The number of aryl methyl sites for hydroxylation is 1. The van der Waals surface area contributed by atoms with Gasteiger partial charge < -0.3 is 10.1 Å². The van der Waals surface area contributed by atoms with Gasteiger partial charge in [-0.15, -0.1) is 0 Å². The molecule has 5 heteroatoms. The van der Waals surface area contributed by atoms with Crippen LogP contribution in [-0.4, -0.2) is 17.1 Å². The Hall–Kier alpha value is -1.81. The summed E-state index contributed by atoms with van der Waals surface area (Å²) >= 11 is 5.95. The maximum absolute atomic E-state index is 5.95. The van der Waals surface area contributed by atoms with E-state index in [0.29, 0.717) is 16.7 Å². The molecule has 0 fully saturated rings. The summed E-state index contributed by atoms with van der Waals surface area (Å²) in [6.07, 6.45) is 1.40. The third kappa shape index (κ3) is 2.38. The van der Waals surface area contributed by atoms with Crippen molar-refractivity contribution in [3.63, 3.8) is 0 Å². The molecule has 2 rings (SSSR count). The van der Waals surface area contributed by atoms with Crippen molar-refractivity contribution in [1.82, 2.24) is 9.97 Å². The summed E-state index contributed by atoms with van der Waals surface area (Å²) in [7, 11) is 1.54. The highest BCUT2D eigenvalue weighted by atomic mass is 35.5. The second-order valence-corrected chi connectivity index (χ2v) is 4.28. The molecule has 4 nitrogen and oxygen atoms in total. The van der Waals surface area contributed by atoms with Gasteiger partial charge in [-0.2, -0.15) is 0 Å². The van der Waals surface area contributed by atoms with Gasteiger partial charge in [0.2, 0.25) is 0 Å².